The van der Waals surface area contributed by atoms with Gasteiger partial charge in [-0.2, -0.15) is 5.10 Å². The van der Waals surface area contributed by atoms with Crippen LogP contribution in [0.1, 0.15) is 11.3 Å². The minimum absolute atomic E-state index is 0.183. The fourth-order valence-corrected chi connectivity index (χ4v) is 1.80. The van der Waals surface area contributed by atoms with Crippen LogP contribution >= 0.6 is 11.6 Å². The fourth-order valence-electron chi connectivity index (χ4n) is 1.74. The first-order valence-electron chi connectivity index (χ1n) is 6.15. The molecule has 1 aromatic heterocycles. The lowest BCUT2D eigenvalue weighted by Gasteiger charge is -2.07. The molecular formula is C15H14ClFN2O. The minimum atomic E-state index is -0.402. The Bertz CT molecular complexity index is 643. The molecular weight excluding hydrogens is 279 g/mol. The molecule has 2 aromatic rings. The largest absolute Gasteiger partial charge is 0.493 e. The van der Waals surface area contributed by atoms with Gasteiger partial charge >= 0.3 is 0 Å². The van der Waals surface area contributed by atoms with E-state index in [2.05, 4.69) is 16.9 Å². The number of aryl methyl sites for hydroxylation is 1. The highest BCUT2D eigenvalue weighted by Gasteiger charge is 2.03. The summed E-state index contributed by atoms with van der Waals surface area (Å²) in [5.41, 5.74) is 1.39. The highest BCUT2D eigenvalue weighted by atomic mass is 35.5. The molecule has 5 heteroatoms. The monoisotopic (exact) mass is 292 g/mol. The Morgan fingerprint density at radius 1 is 1.40 bits per heavy atom. The van der Waals surface area contributed by atoms with Gasteiger partial charge in [0.25, 0.3) is 0 Å². The Balaban J connectivity index is 1.94. The molecule has 0 bridgehead atoms. The molecule has 0 radical (unpaired) electrons. The van der Waals surface area contributed by atoms with Crippen molar-refractivity contribution in [3.05, 3.63) is 47.5 Å². The van der Waals surface area contributed by atoms with E-state index in [9.17, 15) is 4.39 Å². The average molecular weight is 293 g/mol. The van der Waals surface area contributed by atoms with Crippen molar-refractivity contribution in [2.45, 2.75) is 6.42 Å². The van der Waals surface area contributed by atoms with Crippen LogP contribution in [0, 0.1) is 17.7 Å². The summed E-state index contributed by atoms with van der Waals surface area (Å²) >= 11 is 5.44. The number of hydrogen-bond acceptors (Lipinski definition) is 2. The first-order valence-corrected chi connectivity index (χ1v) is 6.68. The van der Waals surface area contributed by atoms with Gasteiger partial charge in [0, 0.05) is 31.4 Å². The summed E-state index contributed by atoms with van der Waals surface area (Å²) in [7, 11) is 1.87. The first-order chi connectivity index (χ1) is 9.70. The van der Waals surface area contributed by atoms with E-state index in [4.69, 9.17) is 16.3 Å². The molecule has 3 nitrogen and oxygen atoms in total. The van der Waals surface area contributed by atoms with Crippen molar-refractivity contribution in [1.29, 1.82) is 0 Å². The topological polar surface area (TPSA) is 27.1 Å². The zero-order valence-corrected chi connectivity index (χ0v) is 11.8. The van der Waals surface area contributed by atoms with Crippen LogP contribution in [-0.2, 0) is 13.5 Å². The SMILES string of the molecule is Cn1nccc1CCOc1ccc(C#CCCl)c(F)c1. The van der Waals surface area contributed by atoms with Gasteiger partial charge in [-0.25, -0.2) is 4.39 Å². The molecule has 0 atom stereocenters. The van der Waals surface area contributed by atoms with E-state index < -0.39 is 5.82 Å². The van der Waals surface area contributed by atoms with Crippen molar-refractivity contribution < 1.29 is 9.13 Å². The smallest absolute Gasteiger partial charge is 0.142 e. The number of rotatable bonds is 4. The van der Waals surface area contributed by atoms with Crippen LogP contribution in [-0.4, -0.2) is 22.3 Å². The predicted octanol–water partition coefficient (Wildman–Crippen LogP) is 2.77. The second kappa shape index (κ2) is 6.97. The Kier molecular flexibility index (Phi) is 5.03. The summed E-state index contributed by atoms with van der Waals surface area (Å²) in [5, 5.41) is 4.07. The van der Waals surface area contributed by atoms with E-state index in [1.165, 1.54) is 6.07 Å². The normalized spacial score (nSPS) is 9.95. The lowest BCUT2D eigenvalue weighted by Crippen LogP contribution is -2.06. The van der Waals surface area contributed by atoms with Crippen LogP contribution in [0.3, 0.4) is 0 Å². The van der Waals surface area contributed by atoms with E-state index >= 15 is 0 Å². The second-order valence-corrected chi connectivity index (χ2v) is 4.39. The number of aromatic nitrogens is 2. The zero-order chi connectivity index (χ0) is 14.4. The molecule has 1 aromatic carbocycles. The second-order valence-electron chi connectivity index (χ2n) is 4.12. The van der Waals surface area contributed by atoms with Gasteiger partial charge in [0.2, 0.25) is 0 Å². The summed E-state index contributed by atoms with van der Waals surface area (Å²) in [6, 6.07) is 6.55. The van der Waals surface area contributed by atoms with E-state index in [1.807, 2.05) is 13.1 Å². The molecule has 20 heavy (non-hydrogen) atoms. The van der Waals surface area contributed by atoms with Crippen molar-refractivity contribution >= 4 is 11.6 Å². The zero-order valence-electron chi connectivity index (χ0n) is 11.1. The van der Waals surface area contributed by atoms with Crippen LogP contribution in [0.4, 0.5) is 4.39 Å². The molecule has 0 spiro atoms. The number of nitrogens with zero attached hydrogens (tertiary/aromatic N) is 2. The van der Waals surface area contributed by atoms with Crippen molar-refractivity contribution in [2.24, 2.45) is 7.05 Å². The lowest BCUT2D eigenvalue weighted by molar-refractivity contribution is 0.316. The summed E-state index contributed by atoms with van der Waals surface area (Å²) < 4.78 is 21.0. The Morgan fingerprint density at radius 2 is 2.25 bits per heavy atom. The number of alkyl halides is 1. The van der Waals surface area contributed by atoms with E-state index in [0.717, 1.165) is 5.69 Å². The van der Waals surface area contributed by atoms with Crippen molar-refractivity contribution in [3.63, 3.8) is 0 Å². The van der Waals surface area contributed by atoms with Gasteiger partial charge in [-0.05, 0) is 18.2 Å². The van der Waals surface area contributed by atoms with Gasteiger partial charge in [-0.1, -0.05) is 11.8 Å². The molecule has 0 saturated heterocycles. The van der Waals surface area contributed by atoms with Crippen LogP contribution < -0.4 is 4.74 Å². The molecule has 0 N–H and O–H groups in total. The maximum Gasteiger partial charge on any atom is 0.142 e. The summed E-state index contributed by atoms with van der Waals surface area (Å²) in [4.78, 5) is 0. The maximum absolute atomic E-state index is 13.7. The molecule has 0 saturated carbocycles. The molecule has 104 valence electrons. The molecule has 1 heterocycles. The van der Waals surface area contributed by atoms with Crippen LogP contribution in [0.2, 0.25) is 0 Å². The van der Waals surface area contributed by atoms with Crippen molar-refractivity contribution in [1.82, 2.24) is 9.78 Å². The van der Waals surface area contributed by atoms with E-state index in [0.29, 0.717) is 24.3 Å². The standard InChI is InChI=1S/C15H14ClFN2O/c1-19-13(6-9-18-19)7-10-20-14-5-4-12(3-2-8-16)15(17)11-14/h4-6,9,11H,7-8,10H2,1H3. The van der Waals surface area contributed by atoms with Gasteiger partial charge in [0.15, 0.2) is 0 Å². The number of hydrogen-bond donors (Lipinski definition) is 0. The fraction of sp³-hybridized carbons (Fsp3) is 0.267. The molecule has 0 aliphatic carbocycles. The molecule has 0 unspecified atom stereocenters. The molecule has 0 amide bonds. The third kappa shape index (κ3) is 3.75. The summed E-state index contributed by atoms with van der Waals surface area (Å²) in [6.07, 6.45) is 2.45. The number of benzene rings is 1. The van der Waals surface area contributed by atoms with Gasteiger partial charge in [0.05, 0.1) is 18.1 Å². The minimum Gasteiger partial charge on any atom is -0.493 e. The van der Waals surface area contributed by atoms with Crippen LogP contribution in [0.25, 0.3) is 0 Å². The van der Waals surface area contributed by atoms with Crippen molar-refractivity contribution in [2.75, 3.05) is 12.5 Å². The Hall–Kier alpha value is -1.99. The lowest BCUT2D eigenvalue weighted by atomic mass is 10.2. The Morgan fingerprint density at radius 3 is 2.90 bits per heavy atom. The molecule has 2 rings (SSSR count). The van der Waals surface area contributed by atoms with Crippen LogP contribution in [0.15, 0.2) is 30.5 Å². The van der Waals surface area contributed by atoms with Gasteiger partial charge < -0.3 is 4.74 Å². The Labute approximate surface area is 122 Å². The quantitative estimate of drug-likeness (QED) is 0.640. The summed E-state index contributed by atoms with van der Waals surface area (Å²) in [5.74, 6) is 5.54. The van der Waals surface area contributed by atoms with Gasteiger partial charge in [-0.3, -0.25) is 4.68 Å². The summed E-state index contributed by atoms with van der Waals surface area (Å²) in [6.45, 7) is 0.464. The predicted molar refractivity (Wildman–Crippen MR) is 76.4 cm³/mol. The van der Waals surface area contributed by atoms with Crippen molar-refractivity contribution in [3.8, 4) is 17.6 Å². The van der Waals surface area contributed by atoms with Crippen LogP contribution in [0.5, 0.6) is 5.75 Å². The van der Waals surface area contributed by atoms with Gasteiger partial charge in [0.1, 0.15) is 11.6 Å². The molecule has 0 aliphatic rings. The van der Waals surface area contributed by atoms with Gasteiger partial charge in [-0.15, -0.1) is 11.6 Å². The van der Waals surface area contributed by atoms with E-state index in [-0.39, 0.29) is 5.88 Å². The number of halogens is 2. The highest BCUT2D eigenvalue weighted by molar-refractivity contribution is 6.19. The maximum atomic E-state index is 13.7. The molecule has 0 aliphatic heterocycles. The third-order valence-electron chi connectivity index (χ3n) is 2.78. The number of ether oxygens (including phenoxy) is 1. The third-order valence-corrected chi connectivity index (χ3v) is 2.91. The average Bonchev–Trinajstić information content (AvgIpc) is 2.84. The van der Waals surface area contributed by atoms with E-state index in [1.54, 1.807) is 23.0 Å². The first kappa shape index (κ1) is 14.4. The molecule has 0 fully saturated rings. The highest BCUT2D eigenvalue weighted by Crippen LogP contribution is 2.16.